The van der Waals surface area contributed by atoms with E-state index >= 15 is 0 Å². The molecule has 0 atom stereocenters. The molecule has 1 N–H and O–H groups in total. The lowest BCUT2D eigenvalue weighted by Gasteiger charge is -2.14. The van der Waals surface area contributed by atoms with Crippen LogP contribution in [0, 0.1) is 0 Å². The fraction of sp³-hybridized carbons (Fsp3) is 0.600. The molecule has 0 spiro atoms. The Morgan fingerprint density at radius 2 is 2.00 bits per heavy atom. The first-order valence-corrected chi connectivity index (χ1v) is 4.97. The number of rotatable bonds is 2. The maximum absolute atomic E-state index is 4.54. The van der Waals surface area contributed by atoms with Crippen molar-refractivity contribution in [2.75, 3.05) is 31.4 Å². The van der Waals surface area contributed by atoms with Crippen LogP contribution in [0.1, 0.15) is 17.7 Å². The van der Waals surface area contributed by atoms with Crippen molar-refractivity contribution >= 4 is 11.8 Å². The van der Waals surface area contributed by atoms with Gasteiger partial charge in [0.25, 0.3) is 0 Å². The van der Waals surface area contributed by atoms with Gasteiger partial charge in [-0.25, -0.2) is 4.98 Å². The van der Waals surface area contributed by atoms with E-state index in [1.807, 2.05) is 26.0 Å². The third-order valence-corrected chi connectivity index (χ3v) is 2.56. The zero-order valence-corrected chi connectivity index (χ0v) is 8.96. The van der Waals surface area contributed by atoms with Crippen LogP contribution in [-0.4, -0.2) is 31.1 Å². The van der Waals surface area contributed by atoms with E-state index in [1.54, 1.807) is 0 Å². The van der Waals surface area contributed by atoms with Gasteiger partial charge in [0.2, 0.25) is 5.95 Å². The van der Waals surface area contributed by atoms with Crippen LogP contribution >= 0.6 is 0 Å². The molecule has 1 aromatic heterocycles. The summed E-state index contributed by atoms with van der Waals surface area (Å²) in [6.45, 7) is 0. The third-order valence-electron chi connectivity index (χ3n) is 2.56. The van der Waals surface area contributed by atoms with Gasteiger partial charge in [-0.3, -0.25) is 0 Å². The molecule has 0 saturated heterocycles. The molecule has 76 valence electrons. The number of aromatic nitrogens is 2. The largest absolute Gasteiger partial charge is 0.373 e. The van der Waals surface area contributed by atoms with Crippen LogP contribution in [0.15, 0.2) is 0 Å². The van der Waals surface area contributed by atoms with Gasteiger partial charge in [-0.2, -0.15) is 4.98 Å². The molecule has 4 heteroatoms. The Morgan fingerprint density at radius 3 is 2.64 bits per heavy atom. The third kappa shape index (κ3) is 1.41. The van der Waals surface area contributed by atoms with Crippen LogP contribution in [0.2, 0.25) is 0 Å². The fourth-order valence-electron chi connectivity index (χ4n) is 1.83. The molecular weight excluding hydrogens is 176 g/mol. The monoisotopic (exact) mass is 192 g/mol. The molecule has 0 bridgehead atoms. The predicted octanol–water partition coefficient (Wildman–Crippen LogP) is 1.07. The minimum atomic E-state index is 0.801. The zero-order chi connectivity index (χ0) is 10.1. The minimum absolute atomic E-state index is 0.801. The molecule has 1 aliphatic carbocycles. The lowest BCUT2D eigenvalue weighted by atomic mass is 10.2. The smallest absolute Gasteiger partial charge is 0.227 e. The Morgan fingerprint density at radius 1 is 1.21 bits per heavy atom. The molecule has 0 aromatic carbocycles. The van der Waals surface area contributed by atoms with Crippen LogP contribution in [0.5, 0.6) is 0 Å². The summed E-state index contributed by atoms with van der Waals surface area (Å²) >= 11 is 0. The number of aryl methyl sites for hydroxylation is 1. The maximum Gasteiger partial charge on any atom is 0.227 e. The van der Waals surface area contributed by atoms with Crippen molar-refractivity contribution in [2.24, 2.45) is 0 Å². The van der Waals surface area contributed by atoms with Gasteiger partial charge in [0.05, 0.1) is 5.69 Å². The van der Waals surface area contributed by atoms with Crippen LogP contribution in [0.3, 0.4) is 0 Å². The van der Waals surface area contributed by atoms with E-state index in [0.717, 1.165) is 24.6 Å². The van der Waals surface area contributed by atoms with E-state index in [9.17, 15) is 0 Å². The van der Waals surface area contributed by atoms with E-state index in [0.29, 0.717) is 0 Å². The summed E-state index contributed by atoms with van der Waals surface area (Å²) in [5, 5.41) is 3.14. The molecule has 0 fully saturated rings. The van der Waals surface area contributed by atoms with Crippen molar-refractivity contribution in [3.63, 3.8) is 0 Å². The van der Waals surface area contributed by atoms with Crippen LogP contribution in [0.25, 0.3) is 0 Å². The number of anilines is 2. The summed E-state index contributed by atoms with van der Waals surface area (Å²) in [7, 11) is 5.85. The second kappa shape index (κ2) is 3.44. The number of hydrogen-bond donors (Lipinski definition) is 1. The summed E-state index contributed by atoms with van der Waals surface area (Å²) in [6.07, 6.45) is 3.40. The highest BCUT2D eigenvalue weighted by molar-refractivity contribution is 5.52. The van der Waals surface area contributed by atoms with Crippen LogP contribution in [0.4, 0.5) is 11.8 Å². The lowest BCUT2D eigenvalue weighted by Crippen LogP contribution is -2.15. The van der Waals surface area contributed by atoms with Gasteiger partial charge in [0.15, 0.2) is 0 Å². The number of nitrogens with zero attached hydrogens (tertiary/aromatic N) is 3. The predicted molar refractivity (Wildman–Crippen MR) is 57.9 cm³/mol. The minimum Gasteiger partial charge on any atom is -0.373 e. The molecule has 4 nitrogen and oxygen atoms in total. The van der Waals surface area contributed by atoms with Gasteiger partial charge in [-0.05, 0) is 19.3 Å². The summed E-state index contributed by atoms with van der Waals surface area (Å²) in [5.74, 6) is 1.80. The van der Waals surface area contributed by atoms with E-state index in [4.69, 9.17) is 0 Å². The Bertz CT molecular complexity index is 346. The topological polar surface area (TPSA) is 41.1 Å². The van der Waals surface area contributed by atoms with Gasteiger partial charge in [-0.15, -0.1) is 0 Å². The molecular formula is C10H16N4. The molecule has 0 unspecified atom stereocenters. The maximum atomic E-state index is 4.54. The highest BCUT2D eigenvalue weighted by Gasteiger charge is 2.18. The molecule has 14 heavy (non-hydrogen) atoms. The average Bonchev–Trinajstić information content (AvgIpc) is 2.63. The first-order chi connectivity index (χ1) is 6.72. The number of fused-ring (bicyclic) bond motifs is 1. The number of nitrogens with one attached hydrogen (secondary N) is 1. The SMILES string of the molecule is CNc1nc(N(C)C)nc2c1CCC2. The zero-order valence-electron chi connectivity index (χ0n) is 8.96. The summed E-state index contributed by atoms with van der Waals surface area (Å²) in [4.78, 5) is 10.9. The van der Waals surface area contributed by atoms with Gasteiger partial charge >= 0.3 is 0 Å². The van der Waals surface area contributed by atoms with E-state index < -0.39 is 0 Å². The van der Waals surface area contributed by atoms with E-state index in [1.165, 1.54) is 17.7 Å². The molecule has 0 radical (unpaired) electrons. The van der Waals surface area contributed by atoms with Crippen LogP contribution < -0.4 is 10.2 Å². The summed E-state index contributed by atoms with van der Waals surface area (Å²) in [5.41, 5.74) is 2.52. The Balaban J connectivity index is 2.49. The Hall–Kier alpha value is -1.32. The van der Waals surface area contributed by atoms with Crippen LogP contribution in [-0.2, 0) is 12.8 Å². The van der Waals surface area contributed by atoms with Crippen molar-refractivity contribution in [3.8, 4) is 0 Å². The second-order valence-corrected chi connectivity index (χ2v) is 3.80. The molecule has 1 aromatic rings. The van der Waals surface area contributed by atoms with Crippen molar-refractivity contribution in [1.82, 2.24) is 9.97 Å². The van der Waals surface area contributed by atoms with Crippen molar-refractivity contribution in [3.05, 3.63) is 11.3 Å². The first kappa shape index (κ1) is 9.24. The summed E-state index contributed by atoms with van der Waals surface area (Å²) < 4.78 is 0. The van der Waals surface area contributed by atoms with Gasteiger partial charge in [0, 0.05) is 26.7 Å². The molecule has 1 aliphatic rings. The molecule has 2 rings (SSSR count). The fourth-order valence-corrected chi connectivity index (χ4v) is 1.83. The van der Waals surface area contributed by atoms with Gasteiger partial charge in [-0.1, -0.05) is 0 Å². The summed E-state index contributed by atoms with van der Waals surface area (Å²) in [6, 6.07) is 0. The second-order valence-electron chi connectivity index (χ2n) is 3.80. The van der Waals surface area contributed by atoms with E-state index in [2.05, 4.69) is 15.3 Å². The van der Waals surface area contributed by atoms with Crippen molar-refractivity contribution < 1.29 is 0 Å². The average molecular weight is 192 g/mol. The van der Waals surface area contributed by atoms with Gasteiger partial charge < -0.3 is 10.2 Å². The Labute approximate surface area is 84.4 Å². The Kier molecular flexibility index (Phi) is 2.27. The highest BCUT2D eigenvalue weighted by atomic mass is 15.2. The normalized spacial score (nSPS) is 13.9. The number of hydrogen-bond acceptors (Lipinski definition) is 4. The van der Waals surface area contributed by atoms with E-state index in [-0.39, 0.29) is 0 Å². The van der Waals surface area contributed by atoms with Crippen molar-refractivity contribution in [2.45, 2.75) is 19.3 Å². The highest BCUT2D eigenvalue weighted by Crippen LogP contribution is 2.27. The quantitative estimate of drug-likeness (QED) is 0.761. The first-order valence-electron chi connectivity index (χ1n) is 4.97. The lowest BCUT2D eigenvalue weighted by molar-refractivity contribution is 0.895. The van der Waals surface area contributed by atoms with Gasteiger partial charge in [0.1, 0.15) is 5.82 Å². The molecule has 0 aliphatic heterocycles. The molecule has 1 heterocycles. The molecule has 0 saturated carbocycles. The standard InChI is InChI=1S/C10H16N4/c1-11-9-7-5-4-6-8(7)12-10(13-9)14(2)3/h4-6H2,1-3H3,(H,11,12,13). The van der Waals surface area contributed by atoms with Crippen molar-refractivity contribution in [1.29, 1.82) is 0 Å². The molecule has 0 amide bonds.